The number of imidazole rings is 1. The minimum atomic E-state index is -0.877. The van der Waals surface area contributed by atoms with Gasteiger partial charge in [-0.3, -0.25) is 9.88 Å². The zero-order chi connectivity index (χ0) is 21.5. The average Bonchev–Trinajstić information content (AvgIpc) is 3.20. The van der Waals surface area contributed by atoms with Gasteiger partial charge in [-0.1, -0.05) is 12.1 Å². The van der Waals surface area contributed by atoms with Crippen molar-refractivity contribution in [3.63, 3.8) is 0 Å². The zero-order valence-electron chi connectivity index (χ0n) is 18.6. The van der Waals surface area contributed by atoms with Crippen LogP contribution in [0.25, 0.3) is 11.0 Å². The van der Waals surface area contributed by atoms with Gasteiger partial charge in [0, 0.05) is 38.8 Å². The number of fused-ring (bicyclic) bond motifs is 1. The van der Waals surface area contributed by atoms with Gasteiger partial charge < -0.3 is 14.8 Å². The molecule has 0 amide bonds. The topological polar surface area (TPSA) is 51.3 Å². The Morgan fingerprint density at radius 3 is 2.55 bits per heavy atom. The first-order valence-electron chi connectivity index (χ1n) is 11.2. The molecule has 2 fully saturated rings. The van der Waals surface area contributed by atoms with Crippen LogP contribution in [0.2, 0.25) is 0 Å². The zero-order valence-corrected chi connectivity index (χ0v) is 18.6. The molecule has 0 aliphatic carbocycles. The molecule has 2 aromatic heterocycles. The van der Waals surface area contributed by atoms with E-state index >= 15 is 0 Å². The Labute approximate surface area is 183 Å². The number of piperazine rings is 1. The average molecular weight is 423 g/mol. The van der Waals surface area contributed by atoms with E-state index in [-0.39, 0.29) is 12.1 Å². The van der Waals surface area contributed by atoms with Crippen LogP contribution >= 0.6 is 0 Å². The fourth-order valence-electron chi connectivity index (χ4n) is 5.08. The largest absolute Gasteiger partial charge is 0.367 e. The molecule has 0 spiro atoms. The van der Waals surface area contributed by atoms with E-state index < -0.39 is 6.17 Å². The Bertz CT molecular complexity index is 1060. The number of halogens is 1. The molecule has 6 nitrogen and oxygen atoms in total. The van der Waals surface area contributed by atoms with Crippen LogP contribution < -0.4 is 4.90 Å². The number of anilines is 1. The second kappa shape index (κ2) is 8.20. The van der Waals surface area contributed by atoms with E-state index in [1.165, 1.54) is 5.69 Å². The van der Waals surface area contributed by atoms with Crippen molar-refractivity contribution < 1.29 is 4.39 Å². The van der Waals surface area contributed by atoms with Gasteiger partial charge in [-0.05, 0) is 51.2 Å². The fraction of sp³-hybridized carbons (Fsp3) is 0.500. The second-order valence-corrected chi connectivity index (χ2v) is 9.06. The van der Waals surface area contributed by atoms with Crippen molar-refractivity contribution in [3.8, 4) is 0 Å². The van der Waals surface area contributed by atoms with Crippen molar-refractivity contribution in [1.29, 1.82) is 0 Å². The van der Waals surface area contributed by atoms with Crippen molar-refractivity contribution in [1.82, 2.24) is 24.8 Å². The molecule has 3 unspecified atom stereocenters. The van der Waals surface area contributed by atoms with Gasteiger partial charge in [0.2, 0.25) is 0 Å². The van der Waals surface area contributed by atoms with Gasteiger partial charge in [0.1, 0.15) is 17.5 Å². The molecule has 2 aliphatic rings. The lowest BCUT2D eigenvalue weighted by Gasteiger charge is -2.40. The Morgan fingerprint density at radius 1 is 1.00 bits per heavy atom. The van der Waals surface area contributed by atoms with E-state index in [9.17, 15) is 4.39 Å². The normalized spacial score (nSPS) is 25.9. The third-order valence-corrected chi connectivity index (χ3v) is 6.98. The molecule has 3 atom stereocenters. The number of rotatable bonds is 3. The minimum absolute atomic E-state index is 0.0553. The van der Waals surface area contributed by atoms with Crippen molar-refractivity contribution in [2.75, 3.05) is 45.2 Å². The number of piperidine rings is 1. The molecular weight excluding hydrogens is 391 g/mol. The summed E-state index contributed by atoms with van der Waals surface area (Å²) in [4.78, 5) is 20.1. The summed E-state index contributed by atoms with van der Waals surface area (Å²) in [7, 11) is 4.24. The highest BCUT2D eigenvalue weighted by atomic mass is 19.1. The van der Waals surface area contributed by atoms with Crippen molar-refractivity contribution in [2.24, 2.45) is 0 Å². The van der Waals surface area contributed by atoms with E-state index in [1.807, 2.05) is 6.07 Å². The minimum Gasteiger partial charge on any atom is -0.367 e. The SMILES string of the molecule is Cc1cccnc1C1CC(F)CC(c2nc3c(N4CCN(C)CC4)cccc3[nH]2)N1C. The lowest BCUT2D eigenvalue weighted by atomic mass is 9.90. The summed E-state index contributed by atoms with van der Waals surface area (Å²) < 4.78 is 14.9. The molecule has 0 bridgehead atoms. The molecule has 1 aromatic carbocycles. The highest BCUT2D eigenvalue weighted by Crippen LogP contribution is 2.41. The summed E-state index contributed by atoms with van der Waals surface area (Å²) >= 11 is 0. The molecule has 31 heavy (non-hydrogen) atoms. The van der Waals surface area contributed by atoms with Crippen molar-refractivity contribution in [3.05, 3.63) is 53.6 Å². The Hall–Kier alpha value is -2.51. The van der Waals surface area contributed by atoms with Gasteiger partial charge in [-0.15, -0.1) is 0 Å². The van der Waals surface area contributed by atoms with Gasteiger partial charge >= 0.3 is 0 Å². The Balaban J connectivity index is 1.48. The summed E-state index contributed by atoms with van der Waals surface area (Å²) in [6, 6.07) is 10.1. The molecule has 3 aromatic rings. The number of benzene rings is 1. The van der Waals surface area contributed by atoms with Crippen LogP contribution in [0.3, 0.4) is 0 Å². The number of pyridine rings is 1. The van der Waals surface area contributed by atoms with E-state index in [4.69, 9.17) is 4.98 Å². The van der Waals surface area contributed by atoms with Gasteiger partial charge in [-0.25, -0.2) is 9.37 Å². The molecule has 0 radical (unpaired) electrons. The number of H-pyrrole nitrogens is 1. The van der Waals surface area contributed by atoms with Crippen LogP contribution in [0, 0.1) is 6.92 Å². The number of likely N-dealkylation sites (tertiary alicyclic amines) is 1. The third-order valence-electron chi connectivity index (χ3n) is 6.98. The predicted octanol–water partition coefficient (Wildman–Crippen LogP) is 3.86. The van der Waals surface area contributed by atoms with Crippen LogP contribution in [0.1, 0.15) is 42.0 Å². The number of hydrogen-bond acceptors (Lipinski definition) is 5. The number of alkyl halides is 1. The van der Waals surface area contributed by atoms with Crippen LogP contribution in [0.15, 0.2) is 36.5 Å². The Kier molecular flexibility index (Phi) is 5.40. The van der Waals surface area contributed by atoms with Crippen LogP contribution in [0.4, 0.5) is 10.1 Å². The molecule has 1 N–H and O–H groups in total. The Morgan fingerprint density at radius 2 is 1.77 bits per heavy atom. The van der Waals surface area contributed by atoms with Gasteiger partial charge in [0.15, 0.2) is 0 Å². The maximum absolute atomic E-state index is 14.9. The standard InChI is InChI=1S/C24H31FN6/c1-16-6-5-9-26-22(16)20-14-17(25)15-21(30(20)3)24-27-18-7-4-8-19(23(18)28-24)31-12-10-29(2)11-13-31/h4-9,17,20-21H,10-15H2,1-3H3,(H,27,28). The van der Waals surface area contributed by atoms with Crippen LogP contribution in [-0.4, -0.2) is 71.2 Å². The first kappa shape index (κ1) is 20.4. The van der Waals surface area contributed by atoms with E-state index in [0.717, 1.165) is 54.3 Å². The number of likely N-dealkylation sites (N-methyl/N-ethyl adjacent to an activating group) is 1. The first-order chi connectivity index (χ1) is 15.0. The highest BCUT2D eigenvalue weighted by molar-refractivity contribution is 5.89. The molecule has 164 valence electrons. The summed E-state index contributed by atoms with van der Waals surface area (Å²) in [6.07, 6.45) is 1.84. The summed E-state index contributed by atoms with van der Waals surface area (Å²) in [5.41, 5.74) is 5.25. The van der Waals surface area contributed by atoms with Crippen molar-refractivity contribution in [2.45, 2.75) is 38.0 Å². The molecule has 2 aliphatic heterocycles. The van der Waals surface area contributed by atoms with E-state index in [0.29, 0.717) is 12.8 Å². The number of aromatic nitrogens is 3. The van der Waals surface area contributed by atoms with Crippen LogP contribution in [0.5, 0.6) is 0 Å². The van der Waals surface area contributed by atoms with E-state index in [2.05, 4.69) is 70.0 Å². The number of nitrogens with zero attached hydrogens (tertiary/aromatic N) is 5. The molecule has 5 rings (SSSR count). The first-order valence-corrected chi connectivity index (χ1v) is 11.2. The number of aryl methyl sites for hydroxylation is 1. The monoisotopic (exact) mass is 422 g/mol. The lowest BCUT2D eigenvalue weighted by Crippen LogP contribution is -2.44. The summed E-state index contributed by atoms with van der Waals surface area (Å²) in [6.45, 7) is 6.14. The number of aromatic amines is 1. The van der Waals surface area contributed by atoms with Gasteiger partial charge in [0.25, 0.3) is 0 Å². The molecule has 4 heterocycles. The molecule has 0 saturated carbocycles. The molecular formula is C24H31FN6. The van der Waals surface area contributed by atoms with E-state index in [1.54, 1.807) is 6.20 Å². The fourth-order valence-corrected chi connectivity index (χ4v) is 5.08. The highest BCUT2D eigenvalue weighted by Gasteiger charge is 2.38. The van der Waals surface area contributed by atoms with Gasteiger partial charge in [0.05, 0.1) is 29.0 Å². The quantitative estimate of drug-likeness (QED) is 0.695. The maximum Gasteiger partial charge on any atom is 0.124 e. The number of para-hydroxylation sites is 1. The lowest BCUT2D eigenvalue weighted by molar-refractivity contribution is 0.0516. The second-order valence-electron chi connectivity index (χ2n) is 9.06. The predicted molar refractivity (Wildman–Crippen MR) is 122 cm³/mol. The third kappa shape index (κ3) is 3.81. The van der Waals surface area contributed by atoms with Gasteiger partial charge in [-0.2, -0.15) is 0 Å². The molecule has 2 saturated heterocycles. The summed E-state index contributed by atoms with van der Waals surface area (Å²) in [5, 5.41) is 0. The maximum atomic E-state index is 14.9. The number of nitrogens with one attached hydrogen (secondary N) is 1. The smallest absolute Gasteiger partial charge is 0.124 e. The van der Waals surface area contributed by atoms with Crippen molar-refractivity contribution >= 4 is 16.7 Å². The summed E-state index contributed by atoms with van der Waals surface area (Å²) in [5.74, 6) is 0.847. The van der Waals surface area contributed by atoms with Crippen LogP contribution in [-0.2, 0) is 0 Å². The molecule has 7 heteroatoms. The number of hydrogen-bond donors (Lipinski definition) is 1.